The average molecular weight is 156 g/mol. The van der Waals surface area contributed by atoms with E-state index in [1.165, 1.54) is 13.1 Å². The van der Waals surface area contributed by atoms with Crippen LogP contribution >= 0.6 is 12.4 Å². The second-order valence-corrected chi connectivity index (χ2v) is 2.57. The first-order chi connectivity index (χ1) is 3.12. The van der Waals surface area contributed by atoms with E-state index in [-0.39, 0.29) is 18.6 Å². The molecule has 60 valence electrons. The van der Waals surface area contributed by atoms with Crippen molar-refractivity contribution in [1.29, 1.82) is 0 Å². The maximum atomic E-state index is 2.24. The first kappa shape index (κ1) is 16.1. The van der Waals surface area contributed by atoms with E-state index in [0.29, 0.717) is 0 Å². The third kappa shape index (κ3) is 8.21. The second kappa shape index (κ2) is 6.33. The molecular weight excluding hydrogens is 136 g/mol. The molecule has 0 radical (unpaired) electrons. The van der Waals surface area contributed by atoms with Crippen molar-refractivity contribution in [3.05, 3.63) is 0 Å². The zero-order chi connectivity index (χ0) is 5.91. The van der Waals surface area contributed by atoms with Crippen molar-refractivity contribution in [1.82, 2.24) is 6.15 Å². The Kier molecular flexibility index (Phi) is 11.3. The smallest absolute Gasteiger partial charge is 0.0753 e. The van der Waals surface area contributed by atoms with E-state index in [1.807, 2.05) is 0 Å². The van der Waals surface area contributed by atoms with E-state index < -0.39 is 0 Å². The third-order valence-electron chi connectivity index (χ3n) is 1.71. The Morgan fingerprint density at radius 3 is 1.22 bits per heavy atom. The van der Waals surface area contributed by atoms with Gasteiger partial charge < -0.3 is 10.6 Å². The van der Waals surface area contributed by atoms with Gasteiger partial charge in [-0.2, -0.15) is 0 Å². The van der Waals surface area contributed by atoms with Crippen molar-refractivity contribution < 1.29 is 4.48 Å². The monoisotopic (exact) mass is 155 g/mol. The van der Waals surface area contributed by atoms with Crippen LogP contribution in [0.15, 0.2) is 0 Å². The number of nitrogens with zero attached hydrogens (tertiary/aromatic N) is 1. The van der Waals surface area contributed by atoms with Crippen LogP contribution in [-0.2, 0) is 0 Å². The van der Waals surface area contributed by atoms with Crippen molar-refractivity contribution in [2.45, 2.75) is 13.8 Å². The lowest BCUT2D eigenvalue weighted by molar-refractivity contribution is -0.886. The summed E-state index contributed by atoms with van der Waals surface area (Å²) >= 11 is 0. The molecule has 0 spiro atoms. The van der Waals surface area contributed by atoms with Crippen LogP contribution in [-0.4, -0.2) is 31.7 Å². The zero-order valence-corrected chi connectivity index (χ0v) is 7.79. The van der Waals surface area contributed by atoms with Gasteiger partial charge in [-0.25, -0.2) is 0 Å². The quantitative estimate of drug-likeness (QED) is 0.606. The highest BCUT2D eigenvalue weighted by molar-refractivity contribution is 5.85. The van der Waals surface area contributed by atoms with Crippen LogP contribution in [0, 0.1) is 0 Å². The summed E-state index contributed by atoms with van der Waals surface area (Å²) in [5.41, 5.74) is 0. The molecular formula is C6H20ClN2+. The molecule has 0 heterocycles. The molecule has 3 N–H and O–H groups in total. The SMILES string of the molecule is CC[N+](C)(C)CC.Cl.N. The van der Waals surface area contributed by atoms with Crippen molar-refractivity contribution in [3.8, 4) is 0 Å². The minimum absolute atomic E-state index is 0. The van der Waals surface area contributed by atoms with Crippen LogP contribution in [0.2, 0.25) is 0 Å². The van der Waals surface area contributed by atoms with E-state index in [0.717, 1.165) is 4.48 Å². The molecule has 0 saturated heterocycles. The van der Waals surface area contributed by atoms with Crippen LogP contribution in [0.3, 0.4) is 0 Å². The van der Waals surface area contributed by atoms with Gasteiger partial charge in [0.15, 0.2) is 0 Å². The summed E-state index contributed by atoms with van der Waals surface area (Å²) in [5, 5.41) is 0. The van der Waals surface area contributed by atoms with Crippen molar-refractivity contribution in [3.63, 3.8) is 0 Å². The third-order valence-corrected chi connectivity index (χ3v) is 1.71. The van der Waals surface area contributed by atoms with Gasteiger partial charge in [0.2, 0.25) is 0 Å². The zero-order valence-electron chi connectivity index (χ0n) is 6.98. The lowest BCUT2D eigenvalue weighted by atomic mass is 10.5. The Labute approximate surface area is 64.8 Å². The summed E-state index contributed by atoms with van der Waals surface area (Å²) in [5.74, 6) is 0. The van der Waals surface area contributed by atoms with Gasteiger partial charge >= 0.3 is 0 Å². The number of halogens is 1. The van der Waals surface area contributed by atoms with Gasteiger partial charge in [0.1, 0.15) is 0 Å². The molecule has 0 bridgehead atoms. The van der Waals surface area contributed by atoms with E-state index in [4.69, 9.17) is 0 Å². The lowest BCUT2D eigenvalue weighted by Gasteiger charge is -2.25. The number of hydrogen-bond donors (Lipinski definition) is 1. The van der Waals surface area contributed by atoms with Gasteiger partial charge in [-0.15, -0.1) is 12.4 Å². The molecule has 0 aliphatic carbocycles. The maximum absolute atomic E-state index is 2.24. The second-order valence-electron chi connectivity index (χ2n) is 2.57. The van der Waals surface area contributed by atoms with Crippen LogP contribution in [0.4, 0.5) is 0 Å². The molecule has 0 unspecified atom stereocenters. The Hall–Kier alpha value is 0.210. The lowest BCUT2D eigenvalue weighted by Crippen LogP contribution is -2.38. The van der Waals surface area contributed by atoms with Crippen LogP contribution < -0.4 is 6.15 Å². The van der Waals surface area contributed by atoms with Gasteiger partial charge in [-0.1, -0.05) is 0 Å². The Morgan fingerprint density at radius 2 is 1.22 bits per heavy atom. The molecule has 0 fully saturated rings. The van der Waals surface area contributed by atoms with Crippen molar-refractivity contribution >= 4 is 12.4 Å². The summed E-state index contributed by atoms with van der Waals surface area (Å²) in [6.45, 7) is 6.89. The first-order valence-electron chi connectivity index (χ1n) is 2.94. The maximum Gasteiger partial charge on any atom is 0.0753 e. The first-order valence-corrected chi connectivity index (χ1v) is 2.94. The minimum atomic E-state index is 0. The highest BCUT2D eigenvalue weighted by Crippen LogP contribution is 1.91. The summed E-state index contributed by atoms with van der Waals surface area (Å²) in [4.78, 5) is 0. The van der Waals surface area contributed by atoms with E-state index in [2.05, 4.69) is 27.9 Å². The molecule has 9 heavy (non-hydrogen) atoms. The van der Waals surface area contributed by atoms with E-state index in [1.54, 1.807) is 0 Å². The van der Waals surface area contributed by atoms with Crippen molar-refractivity contribution in [2.24, 2.45) is 0 Å². The predicted octanol–water partition coefficient (Wildman–Crippen LogP) is 1.69. The van der Waals surface area contributed by atoms with Crippen LogP contribution in [0.1, 0.15) is 13.8 Å². The topological polar surface area (TPSA) is 35.0 Å². The largest absolute Gasteiger partial charge is 0.344 e. The molecule has 0 aliphatic heterocycles. The number of rotatable bonds is 2. The van der Waals surface area contributed by atoms with Gasteiger partial charge in [0.05, 0.1) is 27.2 Å². The molecule has 0 saturated carbocycles. The van der Waals surface area contributed by atoms with Gasteiger partial charge in [0, 0.05) is 0 Å². The molecule has 2 nitrogen and oxygen atoms in total. The summed E-state index contributed by atoms with van der Waals surface area (Å²) in [6, 6.07) is 0. The normalized spacial score (nSPS) is 9.33. The molecule has 0 aliphatic rings. The van der Waals surface area contributed by atoms with Gasteiger partial charge in [-0.05, 0) is 13.8 Å². The average Bonchev–Trinajstić information content (AvgIpc) is 1.68. The Balaban J connectivity index is -0.000000180. The summed E-state index contributed by atoms with van der Waals surface area (Å²) in [6.07, 6.45) is 0. The minimum Gasteiger partial charge on any atom is -0.344 e. The Bertz CT molecular complexity index is 49.0. The van der Waals surface area contributed by atoms with Gasteiger partial charge in [-0.3, -0.25) is 0 Å². The predicted molar refractivity (Wildman–Crippen MR) is 45.5 cm³/mol. The number of hydrogen-bond acceptors (Lipinski definition) is 1. The van der Waals surface area contributed by atoms with E-state index >= 15 is 0 Å². The van der Waals surface area contributed by atoms with Crippen molar-refractivity contribution in [2.75, 3.05) is 27.2 Å². The number of quaternary nitrogens is 1. The fraction of sp³-hybridized carbons (Fsp3) is 1.00. The van der Waals surface area contributed by atoms with Crippen LogP contribution in [0.25, 0.3) is 0 Å². The van der Waals surface area contributed by atoms with Crippen LogP contribution in [0.5, 0.6) is 0 Å². The molecule has 0 aromatic heterocycles. The molecule has 0 rings (SSSR count). The standard InChI is InChI=1S/C6H16N.ClH.H3N/c1-5-7(3,4)6-2;;/h5-6H2,1-4H3;1H;1H3/q+1;;. The fourth-order valence-corrected chi connectivity index (χ4v) is 0.224. The Morgan fingerprint density at radius 1 is 1.00 bits per heavy atom. The summed E-state index contributed by atoms with van der Waals surface area (Å²) < 4.78 is 1.14. The highest BCUT2D eigenvalue weighted by atomic mass is 35.5. The highest BCUT2D eigenvalue weighted by Gasteiger charge is 2.04. The molecule has 3 heteroatoms. The molecule has 0 aromatic carbocycles. The molecule has 0 atom stereocenters. The van der Waals surface area contributed by atoms with E-state index in [9.17, 15) is 0 Å². The molecule has 0 aromatic rings. The van der Waals surface area contributed by atoms with Gasteiger partial charge in [0.25, 0.3) is 0 Å². The molecule has 0 amide bonds. The summed E-state index contributed by atoms with van der Waals surface area (Å²) in [7, 11) is 4.47. The fourth-order valence-electron chi connectivity index (χ4n) is 0.224.